The Morgan fingerprint density at radius 2 is 2.15 bits per heavy atom. The standard InChI is InChI=1S/C11H15NO/c1-8-6-9(8)7-13-11-5-3-2-4-10(11)12/h2-5,8-9H,6-7,12H2,1H3. The largest absolute Gasteiger partial charge is 0.491 e. The third-order valence-corrected chi connectivity index (χ3v) is 2.65. The molecule has 2 unspecified atom stereocenters. The Labute approximate surface area is 78.7 Å². The van der Waals surface area contributed by atoms with Crippen LogP contribution in [0.1, 0.15) is 13.3 Å². The highest BCUT2D eigenvalue weighted by molar-refractivity contribution is 5.51. The molecule has 0 bridgehead atoms. The smallest absolute Gasteiger partial charge is 0.142 e. The summed E-state index contributed by atoms with van der Waals surface area (Å²) < 4.78 is 5.61. The first-order valence-corrected chi connectivity index (χ1v) is 4.74. The van der Waals surface area contributed by atoms with Gasteiger partial charge < -0.3 is 10.5 Å². The summed E-state index contributed by atoms with van der Waals surface area (Å²) in [6.45, 7) is 3.07. The number of benzene rings is 1. The van der Waals surface area contributed by atoms with E-state index in [-0.39, 0.29) is 0 Å². The highest BCUT2D eigenvalue weighted by atomic mass is 16.5. The van der Waals surface area contributed by atoms with Crippen molar-refractivity contribution in [2.45, 2.75) is 13.3 Å². The summed E-state index contributed by atoms with van der Waals surface area (Å²) in [5.74, 6) is 2.41. The fourth-order valence-corrected chi connectivity index (χ4v) is 1.44. The molecular weight excluding hydrogens is 162 g/mol. The van der Waals surface area contributed by atoms with Crippen LogP contribution in [-0.2, 0) is 0 Å². The van der Waals surface area contributed by atoms with Gasteiger partial charge in [-0.2, -0.15) is 0 Å². The topological polar surface area (TPSA) is 35.2 Å². The van der Waals surface area contributed by atoms with Crippen LogP contribution in [0, 0.1) is 11.8 Å². The molecular formula is C11H15NO. The number of nitrogen functional groups attached to an aromatic ring is 1. The highest BCUT2D eigenvalue weighted by Gasteiger charge is 2.33. The van der Waals surface area contributed by atoms with E-state index in [9.17, 15) is 0 Å². The summed E-state index contributed by atoms with van der Waals surface area (Å²) in [6, 6.07) is 7.65. The molecule has 2 nitrogen and oxygen atoms in total. The molecule has 2 rings (SSSR count). The van der Waals surface area contributed by atoms with E-state index in [4.69, 9.17) is 10.5 Å². The lowest BCUT2D eigenvalue weighted by atomic mass is 10.3. The zero-order valence-corrected chi connectivity index (χ0v) is 7.86. The second-order valence-electron chi connectivity index (χ2n) is 3.82. The Morgan fingerprint density at radius 3 is 2.77 bits per heavy atom. The second-order valence-corrected chi connectivity index (χ2v) is 3.82. The minimum Gasteiger partial charge on any atom is -0.491 e. The van der Waals surface area contributed by atoms with Gasteiger partial charge in [0.25, 0.3) is 0 Å². The number of para-hydroxylation sites is 2. The molecule has 0 aromatic heterocycles. The first-order chi connectivity index (χ1) is 6.27. The average molecular weight is 177 g/mol. The maximum Gasteiger partial charge on any atom is 0.142 e. The van der Waals surface area contributed by atoms with E-state index in [0.29, 0.717) is 0 Å². The highest BCUT2D eigenvalue weighted by Crippen LogP contribution is 2.38. The molecule has 2 atom stereocenters. The molecule has 0 aliphatic heterocycles. The van der Waals surface area contributed by atoms with Crippen molar-refractivity contribution in [1.82, 2.24) is 0 Å². The molecule has 1 fully saturated rings. The van der Waals surface area contributed by atoms with E-state index in [0.717, 1.165) is 29.9 Å². The third-order valence-electron chi connectivity index (χ3n) is 2.65. The number of hydrogen-bond acceptors (Lipinski definition) is 2. The zero-order chi connectivity index (χ0) is 9.26. The maximum absolute atomic E-state index is 5.74. The Morgan fingerprint density at radius 1 is 1.46 bits per heavy atom. The number of ether oxygens (including phenoxy) is 1. The number of anilines is 1. The van der Waals surface area contributed by atoms with Gasteiger partial charge in [0, 0.05) is 0 Å². The Kier molecular flexibility index (Phi) is 2.13. The minimum atomic E-state index is 0.732. The van der Waals surface area contributed by atoms with Crippen molar-refractivity contribution >= 4 is 5.69 Å². The van der Waals surface area contributed by atoms with Gasteiger partial charge in [-0.25, -0.2) is 0 Å². The first-order valence-electron chi connectivity index (χ1n) is 4.74. The van der Waals surface area contributed by atoms with Crippen molar-refractivity contribution in [1.29, 1.82) is 0 Å². The van der Waals surface area contributed by atoms with Crippen LogP contribution in [0.25, 0.3) is 0 Å². The number of nitrogens with two attached hydrogens (primary N) is 1. The van der Waals surface area contributed by atoms with Gasteiger partial charge in [0.05, 0.1) is 12.3 Å². The summed E-state index contributed by atoms with van der Waals surface area (Å²) >= 11 is 0. The molecule has 1 saturated carbocycles. The van der Waals surface area contributed by atoms with Gasteiger partial charge in [-0.1, -0.05) is 19.1 Å². The Balaban J connectivity index is 1.90. The Hall–Kier alpha value is -1.18. The van der Waals surface area contributed by atoms with Gasteiger partial charge >= 0.3 is 0 Å². The number of rotatable bonds is 3. The van der Waals surface area contributed by atoms with Gasteiger partial charge in [-0.15, -0.1) is 0 Å². The summed E-state index contributed by atoms with van der Waals surface area (Å²) in [5, 5.41) is 0. The summed E-state index contributed by atoms with van der Waals surface area (Å²) in [5.41, 5.74) is 6.47. The second kappa shape index (κ2) is 3.29. The molecule has 70 valence electrons. The molecule has 2 heteroatoms. The summed E-state index contributed by atoms with van der Waals surface area (Å²) in [7, 11) is 0. The summed E-state index contributed by atoms with van der Waals surface area (Å²) in [4.78, 5) is 0. The SMILES string of the molecule is CC1CC1COc1ccccc1N. The van der Waals surface area contributed by atoms with Crippen molar-refractivity contribution < 1.29 is 4.74 Å². The van der Waals surface area contributed by atoms with Crippen molar-refractivity contribution in [2.75, 3.05) is 12.3 Å². The van der Waals surface area contributed by atoms with Crippen LogP contribution < -0.4 is 10.5 Å². The maximum atomic E-state index is 5.74. The molecule has 0 saturated heterocycles. The van der Waals surface area contributed by atoms with Crippen LogP contribution in [0.3, 0.4) is 0 Å². The molecule has 0 heterocycles. The normalized spacial score (nSPS) is 25.6. The minimum absolute atomic E-state index is 0.732. The van der Waals surface area contributed by atoms with Gasteiger partial charge in [0.2, 0.25) is 0 Å². The molecule has 2 N–H and O–H groups in total. The quantitative estimate of drug-likeness (QED) is 0.719. The lowest BCUT2D eigenvalue weighted by Gasteiger charge is -2.07. The Bertz CT molecular complexity index is 298. The monoisotopic (exact) mass is 177 g/mol. The molecule has 0 amide bonds. The van der Waals surface area contributed by atoms with Gasteiger partial charge in [-0.05, 0) is 30.4 Å². The molecule has 0 radical (unpaired) electrons. The van der Waals surface area contributed by atoms with E-state index in [1.807, 2.05) is 24.3 Å². The van der Waals surface area contributed by atoms with Crippen LogP contribution in [0.15, 0.2) is 24.3 Å². The molecule has 1 aliphatic rings. The lowest BCUT2D eigenvalue weighted by Crippen LogP contribution is -2.02. The molecule has 0 spiro atoms. The van der Waals surface area contributed by atoms with E-state index in [2.05, 4.69) is 6.92 Å². The lowest BCUT2D eigenvalue weighted by molar-refractivity contribution is 0.295. The van der Waals surface area contributed by atoms with Gasteiger partial charge in [-0.3, -0.25) is 0 Å². The van der Waals surface area contributed by atoms with Crippen molar-refractivity contribution in [3.8, 4) is 5.75 Å². The van der Waals surface area contributed by atoms with Crippen molar-refractivity contribution in [2.24, 2.45) is 11.8 Å². The molecule has 13 heavy (non-hydrogen) atoms. The molecule has 1 aromatic rings. The van der Waals surface area contributed by atoms with Crippen LogP contribution in [-0.4, -0.2) is 6.61 Å². The third kappa shape index (κ3) is 1.94. The first kappa shape index (κ1) is 8.42. The van der Waals surface area contributed by atoms with Gasteiger partial charge in [0.1, 0.15) is 5.75 Å². The average Bonchev–Trinajstić information content (AvgIpc) is 2.81. The van der Waals surface area contributed by atoms with Crippen LogP contribution in [0.5, 0.6) is 5.75 Å². The zero-order valence-electron chi connectivity index (χ0n) is 7.86. The number of hydrogen-bond donors (Lipinski definition) is 1. The fraction of sp³-hybridized carbons (Fsp3) is 0.455. The van der Waals surface area contributed by atoms with Gasteiger partial charge in [0.15, 0.2) is 0 Å². The van der Waals surface area contributed by atoms with Crippen LogP contribution in [0.4, 0.5) is 5.69 Å². The van der Waals surface area contributed by atoms with E-state index < -0.39 is 0 Å². The fourth-order valence-electron chi connectivity index (χ4n) is 1.44. The molecule has 1 aromatic carbocycles. The van der Waals surface area contributed by atoms with Crippen LogP contribution in [0.2, 0.25) is 0 Å². The van der Waals surface area contributed by atoms with E-state index in [1.165, 1.54) is 6.42 Å². The van der Waals surface area contributed by atoms with Crippen molar-refractivity contribution in [3.05, 3.63) is 24.3 Å². The predicted molar refractivity (Wildman–Crippen MR) is 53.6 cm³/mol. The molecule has 1 aliphatic carbocycles. The van der Waals surface area contributed by atoms with Crippen LogP contribution >= 0.6 is 0 Å². The summed E-state index contributed by atoms with van der Waals surface area (Å²) in [6.07, 6.45) is 1.30. The van der Waals surface area contributed by atoms with Crippen molar-refractivity contribution in [3.63, 3.8) is 0 Å². The predicted octanol–water partition coefficient (Wildman–Crippen LogP) is 2.30. The van der Waals surface area contributed by atoms with E-state index in [1.54, 1.807) is 0 Å². The van der Waals surface area contributed by atoms with E-state index >= 15 is 0 Å².